The molecule has 3 aromatic carbocycles. The highest BCUT2D eigenvalue weighted by molar-refractivity contribution is 8.22. The van der Waals surface area contributed by atoms with E-state index in [0.717, 1.165) is 33.3 Å². The fourth-order valence-corrected chi connectivity index (χ4v) is 5.56. The van der Waals surface area contributed by atoms with Crippen LogP contribution in [0.5, 0.6) is 0 Å². The first kappa shape index (κ1) is 23.6. The summed E-state index contributed by atoms with van der Waals surface area (Å²) in [5, 5.41) is 6.05. The summed E-state index contributed by atoms with van der Waals surface area (Å²) in [6, 6.07) is 25.1. The van der Waals surface area contributed by atoms with Gasteiger partial charge in [0.25, 0.3) is 5.91 Å². The van der Waals surface area contributed by atoms with Crippen LogP contribution in [0.3, 0.4) is 0 Å². The van der Waals surface area contributed by atoms with Crippen molar-refractivity contribution in [3.05, 3.63) is 106 Å². The molecule has 0 spiro atoms. The van der Waals surface area contributed by atoms with Gasteiger partial charge in [-0.05, 0) is 34.9 Å². The van der Waals surface area contributed by atoms with Crippen LogP contribution in [0, 0.1) is 0 Å². The van der Waals surface area contributed by atoms with E-state index in [-0.39, 0.29) is 5.91 Å². The molecule has 1 aromatic heterocycles. The fraction of sp³-hybridized carbons (Fsp3) is 0.148. The lowest BCUT2D eigenvalue weighted by Crippen LogP contribution is -2.50. The van der Waals surface area contributed by atoms with Crippen LogP contribution in [0.4, 0.5) is 0 Å². The molecule has 4 aromatic rings. The van der Waals surface area contributed by atoms with Crippen LogP contribution in [-0.4, -0.2) is 32.4 Å². The average molecular weight is 519 g/mol. The summed E-state index contributed by atoms with van der Waals surface area (Å²) < 4.78 is 0.677. The van der Waals surface area contributed by atoms with Crippen molar-refractivity contribution in [2.75, 3.05) is 0 Å². The molecule has 1 amide bonds. The normalized spacial score (nSPS) is 15.3. The number of thiocarbonyl (C=S) groups is 1. The number of carbonyl (C=O) groups is 1. The smallest absolute Gasteiger partial charge is 0.263 e. The number of nitrogens with zero attached hydrogens (tertiary/aromatic N) is 2. The first-order valence-corrected chi connectivity index (χ1v) is 13.0. The molecular weight excluding hydrogens is 496 g/mol. The number of aromatic amines is 1. The van der Waals surface area contributed by atoms with E-state index in [4.69, 9.17) is 23.8 Å². The van der Waals surface area contributed by atoms with E-state index in [0.29, 0.717) is 28.1 Å². The van der Waals surface area contributed by atoms with Gasteiger partial charge >= 0.3 is 0 Å². The average Bonchev–Trinajstić information content (AvgIpc) is 3.25. The molecule has 35 heavy (non-hydrogen) atoms. The molecule has 5 rings (SSSR count). The third-order valence-electron chi connectivity index (χ3n) is 6.00. The Balaban J connectivity index is 1.37. The molecule has 1 aliphatic heterocycles. The van der Waals surface area contributed by atoms with E-state index < -0.39 is 6.04 Å². The van der Waals surface area contributed by atoms with Crippen molar-refractivity contribution in [3.8, 4) is 0 Å². The zero-order valence-electron chi connectivity index (χ0n) is 18.8. The minimum atomic E-state index is -0.458. The number of hydrogen-bond donors (Lipinski definition) is 2. The van der Waals surface area contributed by atoms with E-state index in [1.165, 1.54) is 0 Å². The summed E-state index contributed by atoms with van der Waals surface area (Å²) in [4.78, 5) is 18.8. The molecule has 0 saturated carbocycles. The molecule has 8 heteroatoms. The van der Waals surface area contributed by atoms with E-state index in [2.05, 4.69) is 27.6 Å². The zero-order valence-corrected chi connectivity index (χ0v) is 21.2. The number of hydrazone groups is 1. The zero-order chi connectivity index (χ0) is 24.2. The van der Waals surface area contributed by atoms with Gasteiger partial charge in [0.15, 0.2) is 0 Å². The number of amides is 1. The summed E-state index contributed by atoms with van der Waals surface area (Å²) in [5.74, 6) is 0.523. The number of benzene rings is 3. The maximum Gasteiger partial charge on any atom is 0.263 e. The number of nitrogens with one attached hydrogen (secondary N) is 2. The van der Waals surface area contributed by atoms with E-state index in [1.807, 2.05) is 71.6 Å². The predicted molar refractivity (Wildman–Crippen MR) is 149 cm³/mol. The Hall–Kier alpha value is -3.13. The Morgan fingerprint density at radius 3 is 2.66 bits per heavy atom. The van der Waals surface area contributed by atoms with Crippen molar-refractivity contribution in [1.82, 2.24) is 15.3 Å². The van der Waals surface area contributed by atoms with Crippen molar-refractivity contribution >= 4 is 62.9 Å². The molecule has 2 N–H and O–H groups in total. The minimum absolute atomic E-state index is 0.178. The summed E-state index contributed by atoms with van der Waals surface area (Å²) >= 11 is 13.4. The third kappa shape index (κ3) is 5.42. The molecule has 0 aliphatic carbocycles. The van der Waals surface area contributed by atoms with Gasteiger partial charge in [0.1, 0.15) is 10.4 Å². The van der Waals surface area contributed by atoms with Crippen LogP contribution in [0.1, 0.15) is 22.4 Å². The van der Waals surface area contributed by atoms with Crippen LogP contribution in [0.25, 0.3) is 10.9 Å². The predicted octanol–water partition coefficient (Wildman–Crippen LogP) is 5.92. The van der Waals surface area contributed by atoms with Crippen LogP contribution >= 0.6 is 35.6 Å². The maximum atomic E-state index is 13.3. The first-order valence-electron chi connectivity index (χ1n) is 11.2. The van der Waals surface area contributed by atoms with Crippen LogP contribution in [0.2, 0.25) is 5.02 Å². The molecule has 0 unspecified atom stereocenters. The molecule has 0 radical (unpaired) electrons. The van der Waals surface area contributed by atoms with E-state index in [9.17, 15) is 4.79 Å². The van der Waals surface area contributed by atoms with Crippen LogP contribution in [-0.2, 0) is 23.5 Å². The monoisotopic (exact) mass is 518 g/mol. The maximum absolute atomic E-state index is 13.3. The van der Waals surface area contributed by atoms with Crippen molar-refractivity contribution < 1.29 is 4.79 Å². The van der Waals surface area contributed by atoms with Crippen molar-refractivity contribution in [3.63, 3.8) is 0 Å². The number of thioether (sulfide) groups is 1. The summed E-state index contributed by atoms with van der Waals surface area (Å²) in [7, 11) is 0. The van der Waals surface area contributed by atoms with Gasteiger partial charge in [0, 0.05) is 33.8 Å². The summed E-state index contributed by atoms with van der Waals surface area (Å²) in [5.41, 5.74) is 8.10. The van der Waals surface area contributed by atoms with Gasteiger partial charge in [-0.2, -0.15) is 5.10 Å². The van der Waals surface area contributed by atoms with Gasteiger partial charge < -0.3 is 9.88 Å². The second kappa shape index (κ2) is 10.6. The summed E-state index contributed by atoms with van der Waals surface area (Å²) in [6.45, 7) is 0.539. The Kier molecular flexibility index (Phi) is 7.18. The van der Waals surface area contributed by atoms with Gasteiger partial charge in [-0.15, -0.1) is 0 Å². The lowest BCUT2D eigenvalue weighted by atomic mass is 9.97. The highest BCUT2D eigenvalue weighted by atomic mass is 35.5. The lowest BCUT2D eigenvalue weighted by molar-refractivity contribution is -0.125. The Morgan fingerprint density at radius 1 is 1.11 bits per heavy atom. The number of H-pyrrole nitrogens is 1. The number of fused-ring (bicyclic) bond motifs is 3. The Morgan fingerprint density at radius 2 is 1.86 bits per heavy atom. The molecule has 1 aliphatic rings. The molecule has 0 saturated heterocycles. The topological polar surface area (TPSA) is 60.5 Å². The van der Waals surface area contributed by atoms with Gasteiger partial charge in [-0.1, -0.05) is 96.2 Å². The van der Waals surface area contributed by atoms with E-state index in [1.54, 1.807) is 18.0 Å². The minimum Gasteiger partial charge on any atom is -0.357 e. The fourth-order valence-electron chi connectivity index (χ4n) is 4.23. The number of rotatable bonds is 5. The number of carbonyl (C=O) groups excluding carboxylic acids is 1. The first-order chi connectivity index (χ1) is 17.1. The van der Waals surface area contributed by atoms with Gasteiger partial charge in [-0.25, -0.2) is 5.43 Å². The lowest BCUT2D eigenvalue weighted by Gasteiger charge is -2.35. The number of para-hydroxylation sites is 1. The van der Waals surface area contributed by atoms with Crippen LogP contribution in [0.15, 0.2) is 84.0 Å². The molecule has 0 bridgehead atoms. The molecule has 2 heterocycles. The van der Waals surface area contributed by atoms with Crippen molar-refractivity contribution in [2.45, 2.75) is 24.8 Å². The van der Waals surface area contributed by atoms with Crippen molar-refractivity contribution in [2.24, 2.45) is 5.10 Å². The second-order valence-electron chi connectivity index (χ2n) is 8.30. The molecule has 0 fully saturated rings. The number of hydrogen-bond acceptors (Lipinski definition) is 4. The SMILES string of the molecule is O=C(NN=Cc1ccccc1)[C@@H]1Cc2c([nH]c3ccccc23)CN1C(=S)SCc1ccc(Cl)cc1. The largest absolute Gasteiger partial charge is 0.357 e. The van der Waals surface area contributed by atoms with Gasteiger partial charge in [-0.3, -0.25) is 4.79 Å². The highest BCUT2D eigenvalue weighted by Gasteiger charge is 2.35. The molecule has 5 nitrogen and oxygen atoms in total. The number of aromatic nitrogens is 1. The Bertz CT molecular complexity index is 1390. The van der Waals surface area contributed by atoms with Gasteiger partial charge in [0.05, 0.1) is 12.8 Å². The standard InChI is InChI=1S/C27H23ClN4OS2/c28-20-12-10-19(11-13-20)17-35-27(34)32-16-24-22(21-8-4-5-9-23(21)30-24)14-25(32)26(33)31-29-15-18-6-2-1-3-7-18/h1-13,15,25,30H,14,16-17H2,(H,31,33)/t25-/m0/s1. The molecule has 176 valence electrons. The van der Waals surface area contributed by atoms with E-state index >= 15 is 0 Å². The molecule has 1 atom stereocenters. The quantitative estimate of drug-likeness (QED) is 0.196. The Labute approximate surface area is 218 Å². The molecular formula is C27H23ClN4OS2. The van der Waals surface area contributed by atoms with Crippen molar-refractivity contribution in [1.29, 1.82) is 0 Å². The third-order valence-corrected chi connectivity index (χ3v) is 7.80. The second-order valence-corrected chi connectivity index (χ2v) is 10.3. The number of halogens is 1. The van der Waals surface area contributed by atoms with Crippen LogP contribution < -0.4 is 5.43 Å². The highest BCUT2D eigenvalue weighted by Crippen LogP contribution is 2.32. The summed E-state index contributed by atoms with van der Waals surface area (Å²) in [6.07, 6.45) is 2.20. The van der Waals surface area contributed by atoms with Gasteiger partial charge in [0.2, 0.25) is 0 Å².